The minimum absolute atomic E-state index is 0.0801. The number of carbonyl (C=O) groups is 1. The predicted molar refractivity (Wildman–Crippen MR) is 38.5 cm³/mol. The first kappa shape index (κ1) is 6.12. The molecule has 0 unspecified atom stereocenters. The van der Waals surface area contributed by atoms with Gasteiger partial charge in [-0.1, -0.05) is 0 Å². The molecule has 11 heavy (non-hydrogen) atoms. The van der Waals surface area contributed by atoms with Gasteiger partial charge in [-0.3, -0.25) is 4.79 Å². The van der Waals surface area contributed by atoms with E-state index < -0.39 is 14.8 Å². The Morgan fingerprint density at radius 3 is 2.73 bits per heavy atom. The Kier molecular flexibility index (Phi) is 2.48. The Morgan fingerprint density at radius 1 is 1.64 bits per heavy atom. The van der Waals surface area contributed by atoms with Crippen molar-refractivity contribution in [2.24, 2.45) is 0 Å². The van der Waals surface area contributed by atoms with Crippen LogP contribution in [0.2, 0.25) is 6.04 Å². The topological polar surface area (TPSA) is 87.0 Å². The number of hydrogen-bond donors (Lipinski definition) is 3. The van der Waals surface area contributed by atoms with E-state index in [0.717, 1.165) is 0 Å². The van der Waals surface area contributed by atoms with Gasteiger partial charge in [0.2, 0.25) is 0 Å². The zero-order valence-corrected chi connectivity index (χ0v) is 7.16. The average Bonchev–Trinajstić information content (AvgIpc) is 2.19. The van der Waals surface area contributed by atoms with Crippen LogP contribution in [0.1, 0.15) is 13.3 Å². The SMILES string of the molecule is [3H]O[Si](CCCOC(C)=O)(O[3H])O[3H]. The molecule has 0 aromatic carbocycles. The summed E-state index contributed by atoms with van der Waals surface area (Å²) in [5.74, 6) is -0.414. The van der Waals surface area contributed by atoms with Gasteiger partial charge in [-0.15, -0.1) is 0 Å². The Balaban J connectivity index is 3.77. The number of carbonyl (C=O) groups excluding carboxylic acids is 1. The minimum Gasteiger partial charge on any atom is -0.466 e. The number of ether oxygens (including phenoxy) is 1. The van der Waals surface area contributed by atoms with E-state index in [1.54, 1.807) is 0 Å². The molecule has 0 aliphatic heterocycles. The summed E-state index contributed by atoms with van der Waals surface area (Å²) < 4.78 is 24.4. The number of rotatable bonds is 7. The maximum atomic E-state index is 10.4. The van der Waals surface area contributed by atoms with Crippen LogP contribution in [-0.2, 0) is 9.53 Å². The van der Waals surface area contributed by atoms with E-state index in [1.165, 1.54) is 6.92 Å². The highest BCUT2D eigenvalue weighted by atomic mass is 28.4. The lowest BCUT2D eigenvalue weighted by molar-refractivity contribution is -0.141. The first-order valence-electron chi connectivity index (χ1n) is 4.39. The molecule has 0 spiro atoms. The lowest BCUT2D eigenvalue weighted by atomic mass is 10.5. The van der Waals surface area contributed by atoms with Crippen LogP contribution in [0.4, 0.5) is 0 Å². The maximum Gasteiger partial charge on any atom is 0.492 e. The molecule has 0 heterocycles. The van der Waals surface area contributed by atoms with Crippen LogP contribution < -0.4 is 0 Å². The predicted octanol–water partition coefficient (Wildman–Crippen LogP) is -1.14. The monoisotopic (exact) mass is 186 g/mol. The van der Waals surface area contributed by atoms with Gasteiger partial charge in [-0.25, -0.2) is 0 Å². The smallest absolute Gasteiger partial charge is 0.466 e. The molecular weight excluding hydrogens is 168 g/mol. The van der Waals surface area contributed by atoms with Crippen molar-refractivity contribution >= 4 is 14.8 Å². The third kappa shape index (κ3) is 9.57. The van der Waals surface area contributed by atoms with Gasteiger partial charge >= 0.3 is 14.8 Å². The molecule has 6 heteroatoms. The highest BCUT2D eigenvalue weighted by Gasteiger charge is 2.25. The zero-order chi connectivity index (χ0) is 11.0. The third-order valence-electron chi connectivity index (χ3n) is 0.933. The normalized spacial score (nSPS) is 14.8. The first-order valence-corrected chi connectivity index (χ1v) is 5.09. The van der Waals surface area contributed by atoms with Gasteiger partial charge in [0.05, 0.1) is 6.61 Å². The summed E-state index contributed by atoms with van der Waals surface area (Å²) in [6.45, 7) is 1.40. The van der Waals surface area contributed by atoms with Gasteiger partial charge in [0, 0.05) is 13.0 Å². The fraction of sp³-hybridized carbons (Fsp3) is 0.800. The van der Waals surface area contributed by atoms with Crippen molar-refractivity contribution in [1.29, 1.82) is 4.29 Å². The second-order valence-electron chi connectivity index (χ2n) is 2.13. The summed E-state index contributed by atoms with van der Waals surface area (Å²) in [5, 5.41) is 0. The molecule has 0 saturated heterocycles. The molecular formula is C5H12O5Si. The molecule has 0 aromatic heterocycles. The van der Waals surface area contributed by atoms with Crippen LogP contribution in [0.5, 0.6) is 0 Å². The molecule has 3 N–H and O–H groups in total. The highest BCUT2D eigenvalue weighted by Crippen LogP contribution is 2.00. The average molecular weight is 186 g/mol. The maximum absolute atomic E-state index is 10.4. The molecule has 0 rings (SSSR count). The van der Waals surface area contributed by atoms with Gasteiger partial charge in [0.15, 0.2) is 4.29 Å². The van der Waals surface area contributed by atoms with Crippen molar-refractivity contribution in [1.82, 2.24) is 0 Å². The molecule has 0 atom stereocenters. The second kappa shape index (κ2) is 4.45. The lowest BCUT2D eigenvalue weighted by Crippen LogP contribution is -2.34. The molecule has 0 aliphatic rings. The van der Waals surface area contributed by atoms with Crippen LogP contribution in [0.15, 0.2) is 0 Å². The van der Waals surface area contributed by atoms with Crippen LogP contribution >= 0.6 is 0 Å². The van der Waals surface area contributed by atoms with Crippen molar-refractivity contribution < 1.29 is 23.9 Å². The van der Waals surface area contributed by atoms with Crippen molar-refractivity contribution in [2.75, 3.05) is 6.61 Å². The largest absolute Gasteiger partial charge is 0.492 e. The van der Waals surface area contributed by atoms with E-state index in [-0.39, 0.29) is 12.7 Å². The van der Waals surface area contributed by atoms with E-state index in [1.807, 2.05) is 0 Å². The van der Waals surface area contributed by atoms with Crippen LogP contribution in [-0.4, -0.2) is 40.1 Å². The van der Waals surface area contributed by atoms with E-state index in [2.05, 4.69) is 19.1 Å². The molecule has 0 bridgehead atoms. The first-order chi connectivity index (χ1) is 6.60. The van der Waals surface area contributed by atoms with Gasteiger partial charge in [-0.2, -0.15) is 0 Å². The summed E-state index contributed by atoms with van der Waals surface area (Å²) in [6, 6.07) is 0.0801. The fourth-order valence-electron chi connectivity index (χ4n) is 0.505. The molecule has 0 amide bonds. The fourth-order valence-corrected chi connectivity index (χ4v) is 1.08. The second-order valence-corrected chi connectivity index (χ2v) is 3.99. The minimum atomic E-state index is -3.48. The molecule has 0 aliphatic carbocycles. The highest BCUT2D eigenvalue weighted by molar-refractivity contribution is 6.56. The lowest BCUT2D eigenvalue weighted by Gasteiger charge is -2.08. The van der Waals surface area contributed by atoms with E-state index in [0.29, 0.717) is 6.42 Å². The third-order valence-corrected chi connectivity index (χ3v) is 1.90. The molecule has 66 valence electrons. The van der Waals surface area contributed by atoms with E-state index in [9.17, 15) is 4.79 Å². The van der Waals surface area contributed by atoms with Gasteiger partial charge in [0.25, 0.3) is 0 Å². The Morgan fingerprint density at radius 2 is 2.27 bits per heavy atom. The zero-order valence-electron chi connectivity index (χ0n) is 9.16. The van der Waals surface area contributed by atoms with Gasteiger partial charge < -0.3 is 19.1 Å². The molecule has 5 nitrogen and oxygen atoms in total. The quantitative estimate of drug-likeness (QED) is 0.266. The van der Waals surface area contributed by atoms with E-state index >= 15 is 0 Å². The summed E-state index contributed by atoms with van der Waals surface area (Å²) in [4.78, 5) is 22.6. The number of hydrogen-bond acceptors (Lipinski definition) is 5. The summed E-state index contributed by atoms with van der Waals surface area (Å²) in [5.41, 5.74) is 0. The van der Waals surface area contributed by atoms with Crippen LogP contribution in [0.3, 0.4) is 0 Å². The Hall–Kier alpha value is -0.433. The van der Waals surface area contributed by atoms with Gasteiger partial charge in [-0.05, 0) is 6.42 Å². The molecule has 0 saturated carbocycles. The molecule has 0 fully saturated rings. The van der Waals surface area contributed by atoms with Crippen LogP contribution in [0.25, 0.3) is 0 Å². The van der Waals surface area contributed by atoms with Gasteiger partial charge in [0.1, 0.15) is 0 Å². The Labute approximate surface area is 70.1 Å². The van der Waals surface area contributed by atoms with Crippen molar-refractivity contribution in [2.45, 2.75) is 19.4 Å². The molecule has 0 aromatic rings. The summed E-state index contributed by atoms with van der Waals surface area (Å²) in [7, 11) is -3.48. The Bertz CT molecular complexity index is 168. The van der Waals surface area contributed by atoms with E-state index in [4.69, 9.17) is 4.29 Å². The summed E-state index contributed by atoms with van der Waals surface area (Å²) >= 11 is 0. The van der Waals surface area contributed by atoms with Crippen LogP contribution in [0, 0.1) is 0 Å². The number of esters is 1. The van der Waals surface area contributed by atoms with Crippen molar-refractivity contribution in [3.8, 4) is 0 Å². The van der Waals surface area contributed by atoms with Crippen molar-refractivity contribution in [3.63, 3.8) is 0 Å². The standard InChI is InChI=1S/C5H12O5Si/c1-5(6)10-3-2-4-11(7,8)9/h7-9H,2-4H2,1H3/i7T,8T,9T. The molecule has 0 radical (unpaired) electrons. The van der Waals surface area contributed by atoms with Crippen molar-refractivity contribution in [3.05, 3.63) is 0 Å². The summed E-state index contributed by atoms with van der Waals surface area (Å²) in [6.07, 6.45) is 0.322.